The Morgan fingerprint density at radius 3 is 2.50 bits per heavy atom. The van der Waals surface area contributed by atoms with Gasteiger partial charge in [-0.25, -0.2) is 18.7 Å². The van der Waals surface area contributed by atoms with Crippen molar-refractivity contribution in [1.82, 2.24) is 9.97 Å². The van der Waals surface area contributed by atoms with E-state index in [4.69, 9.17) is 0 Å². The maximum Gasteiger partial charge on any atom is 0.353 e. The summed E-state index contributed by atoms with van der Waals surface area (Å²) >= 11 is 0. The lowest BCUT2D eigenvalue weighted by Crippen LogP contribution is -2.08. The van der Waals surface area contributed by atoms with Crippen LogP contribution >= 0.6 is 0 Å². The molecular formula is C17H13F2N5O2. The van der Waals surface area contributed by atoms with E-state index >= 15 is 0 Å². The van der Waals surface area contributed by atoms with Gasteiger partial charge in [0.1, 0.15) is 18.0 Å². The van der Waals surface area contributed by atoms with Crippen molar-refractivity contribution in [2.45, 2.75) is 6.54 Å². The number of halogens is 2. The number of benzene rings is 2. The van der Waals surface area contributed by atoms with Crippen molar-refractivity contribution < 1.29 is 13.7 Å². The molecule has 1 heterocycles. The summed E-state index contributed by atoms with van der Waals surface area (Å²) in [5.74, 6) is -1.73. The molecule has 132 valence electrons. The van der Waals surface area contributed by atoms with Gasteiger partial charge in [-0.1, -0.05) is 30.3 Å². The molecule has 0 bridgehead atoms. The second kappa shape index (κ2) is 7.51. The number of nitrogens with one attached hydrogen (secondary N) is 2. The smallest absolute Gasteiger partial charge is 0.353 e. The van der Waals surface area contributed by atoms with Crippen LogP contribution in [0.1, 0.15) is 5.56 Å². The predicted octanol–water partition coefficient (Wildman–Crippen LogP) is 4.02. The fourth-order valence-corrected chi connectivity index (χ4v) is 2.28. The van der Waals surface area contributed by atoms with E-state index < -0.39 is 22.2 Å². The summed E-state index contributed by atoms with van der Waals surface area (Å²) in [7, 11) is 0. The van der Waals surface area contributed by atoms with E-state index in [1.165, 1.54) is 0 Å². The second-order valence-corrected chi connectivity index (χ2v) is 5.26. The van der Waals surface area contributed by atoms with Crippen molar-refractivity contribution in [1.29, 1.82) is 0 Å². The minimum atomic E-state index is -0.766. The first-order valence-corrected chi connectivity index (χ1v) is 7.54. The van der Waals surface area contributed by atoms with E-state index in [9.17, 15) is 18.9 Å². The van der Waals surface area contributed by atoms with Crippen molar-refractivity contribution >= 4 is 23.0 Å². The minimum absolute atomic E-state index is 0.0341. The summed E-state index contributed by atoms with van der Waals surface area (Å²) in [5, 5.41) is 16.8. The molecule has 0 aliphatic carbocycles. The molecule has 1 aromatic heterocycles. The number of rotatable bonds is 6. The zero-order chi connectivity index (χ0) is 18.5. The fraction of sp³-hybridized carbons (Fsp3) is 0.0588. The summed E-state index contributed by atoms with van der Waals surface area (Å²) < 4.78 is 27.1. The third kappa shape index (κ3) is 3.89. The van der Waals surface area contributed by atoms with Crippen LogP contribution in [0.15, 0.2) is 54.9 Å². The molecule has 0 atom stereocenters. The second-order valence-electron chi connectivity index (χ2n) is 5.26. The molecule has 0 aliphatic rings. The first-order valence-electron chi connectivity index (χ1n) is 7.54. The Morgan fingerprint density at radius 2 is 1.77 bits per heavy atom. The molecule has 0 aliphatic heterocycles. The van der Waals surface area contributed by atoms with Gasteiger partial charge in [0, 0.05) is 12.6 Å². The van der Waals surface area contributed by atoms with Crippen LogP contribution in [0, 0.1) is 21.7 Å². The molecule has 0 unspecified atom stereocenters. The van der Waals surface area contributed by atoms with Crippen molar-refractivity contribution in [2.24, 2.45) is 0 Å². The van der Waals surface area contributed by atoms with E-state index in [2.05, 4.69) is 20.6 Å². The number of aromatic nitrogens is 2. The van der Waals surface area contributed by atoms with Crippen molar-refractivity contribution in [2.75, 3.05) is 10.6 Å². The maximum absolute atomic E-state index is 13.8. The van der Waals surface area contributed by atoms with Gasteiger partial charge >= 0.3 is 5.69 Å². The molecule has 26 heavy (non-hydrogen) atoms. The van der Waals surface area contributed by atoms with Gasteiger partial charge in [0.15, 0.2) is 0 Å². The minimum Gasteiger partial charge on any atom is -0.360 e. The summed E-state index contributed by atoms with van der Waals surface area (Å²) in [6.45, 7) is 0.298. The quantitative estimate of drug-likeness (QED) is 0.511. The van der Waals surface area contributed by atoms with Gasteiger partial charge in [0.25, 0.3) is 0 Å². The third-order valence-electron chi connectivity index (χ3n) is 3.49. The molecule has 0 amide bonds. The predicted molar refractivity (Wildman–Crippen MR) is 92.1 cm³/mol. The monoisotopic (exact) mass is 357 g/mol. The maximum atomic E-state index is 13.8. The highest BCUT2D eigenvalue weighted by atomic mass is 19.1. The van der Waals surface area contributed by atoms with Crippen molar-refractivity contribution in [3.05, 3.63) is 82.2 Å². The molecule has 2 N–H and O–H groups in total. The van der Waals surface area contributed by atoms with Crippen LogP contribution in [0.3, 0.4) is 0 Å². The van der Waals surface area contributed by atoms with E-state index in [1.807, 2.05) is 30.3 Å². The molecule has 0 saturated heterocycles. The Balaban J connectivity index is 1.91. The number of hydrogen-bond donors (Lipinski definition) is 2. The van der Waals surface area contributed by atoms with Gasteiger partial charge in [0.2, 0.25) is 11.6 Å². The first kappa shape index (κ1) is 17.2. The van der Waals surface area contributed by atoms with Gasteiger partial charge in [0.05, 0.1) is 10.6 Å². The van der Waals surface area contributed by atoms with Crippen LogP contribution in [-0.4, -0.2) is 14.9 Å². The topological polar surface area (TPSA) is 93.0 Å². The van der Waals surface area contributed by atoms with E-state index in [1.54, 1.807) is 0 Å². The highest BCUT2D eigenvalue weighted by Crippen LogP contribution is 2.32. The van der Waals surface area contributed by atoms with E-state index in [0.29, 0.717) is 6.54 Å². The Labute approximate surface area is 146 Å². The third-order valence-corrected chi connectivity index (χ3v) is 3.49. The molecule has 7 nitrogen and oxygen atoms in total. The highest BCUT2D eigenvalue weighted by molar-refractivity contribution is 5.73. The lowest BCUT2D eigenvalue weighted by Gasteiger charge is -2.10. The van der Waals surface area contributed by atoms with Crippen LogP contribution in [0.5, 0.6) is 0 Å². The van der Waals surface area contributed by atoms with Crippen molar-refractivity contribution in [3.8, 4) is 0 Å². The molecule has 2 aromatic carbocycles. The average molecular weight is 357 g/mol. The Morgan fingerprint density at radius 1 is 1.04 bits per heavy atom. The average Bonchev–Trinajstić information content (AvgIpc) is 2.63. The van der Waals surface area contributed by atoms with E-state index in [0.717, 1.165) is 30.1 Å². The standard InChI is InChI=1S/C17H13F2N5O2/c18-12-6-7-13(19)14(8-12)23-17-15(24(25)26)16(21-10-22-17)20-9-11-4-2-1-3-5-11/h1-8,10H,9H2,(H2,20,21,22,23). The zero-order valence-corrected chi connectivity index (χ0v) is 13.3. The normalized spacial score (nSPS) is 10.4. The molecule has 9 heteroatoms. The molecule has 0 fully saturated rings. The molecular weight excluding hydrogens is 344 g/mol. The van der Waals surface area contributed by atoms with Gasteiger partial charge in [-0.15, -0.1) is 0 Å². The van der Waals surface area contributed by atoms with Crippen LogP contribution in [0.2, 0.25) is 0 Å². The summed E-state index contributed by atoms with van der Waals surface area (Å²) in [6.07, 6.45) is 1.10. The fourth-order valence-electron chi connectivity index (χ4n) is 2.28. The van der Waals surface area contributed by atoms with Gasteiger partial charge in [-0.05, 0) is 17.7 Å². The molecule has 0 saturated carbocycles. The Kier molecular flexibility index (Phi) is 4.97. The van der Waals surface area contributed by atoms with Gasteiger partial charge in [-0.2, -0.15) is 0 Å². The lowest BCUT2D eigenvalue weighted by atomic mass is 10.2. The van der Waals surface area contributed by atoms with Gasteiger partial charge < -0.3 is 10.6 Å². The van der Waals surface area contributed by atoms with Gasteiger partial charge in [-0.3, -0.25) is 10.1 Å². The molecule has 0 spiro atoms. The Bertz CT molecular complexity index is 938. The summed E-state index contributed by atoms with van der Waals surface area (Å²) in [4.78, 5) is 18.5. The van der Waals surface area contributed by atoms with Crippen LogP contribution < -0.4 is 10.6 Å². The largest absolute Gasteiger partial charge is 0.360 e. The van der Waals surface area contributed by atoms with Crippen LogP contribution in [0.4, 0.5) is 31.8 Å². The van der Waals surface area contributed by atoms with Crippen LogP contribution in [-0.2, 0) is 6.54 Å². The van der Waals surface area contributed by atoms with E-state index in [-0.39, 0.29) is 17.3 Å². The van der Waals surface area contributed by atoms with Crippen LogP contribution in [0.25, 0.3) is 0 Å². The number of nitro groups is 1. The first-order chi connectivity index (χ1) is 12.5. The number of nitrogens with zero attached hydrogens (tertiary/aromatic N) is 3. The Hall–Kier alpha value is -3.62. The SMILES string of the molecule is O=[N+]([O-])c1c(NCc2ccccc2)ncnc1Nc1cc(F)ccc1F. The number of hydrogen-bond acceptors (Lipinski definition) is 6. The van der Waals surface area contributed by atoms with Crippen molar-refractivity contribution in [3.63, 3.8) is 0 Å². The molecule has 3 aromatic rings. The summed E-state index contributed by atoms with van der Waals surface area (Å²) in [6, 6.07) is 12.0. The molecule has 3 rings (SSSR count). The zero-order valence-electron chi connectivity index (χ0n) is 13.3. The molecule has 0 radical (unpaired) electrons. The summed E-state index contributed by atoms with van der Waals surface area (Å²) in [5.41, 5.74) is 0.166. The highest BCUT2D eigenvalue weighted by Gasteiger charge is 2.23. The lowest BCUT2D eigenvalue weighted by molar-refractivity contribution is -0.383. The number of anilines is 3.